The van der Waals surface area contributed by atoms with Crippen LogP contribution in [0, 0.1) is 0 Å². The second kappa shape index (κ2) is 9.44. The smallest absolute Gasteiger partial charge is 0.744 e. The molecule has 1 aromatic rings. The first-order valence-corrected chi connectivity index (χ1v) is 8.08. The van der Waals surface area contributed by atoms with Crippen molar-refractivity contribution >= 4 is 30.4 Å². The van der Waals surface area contributed by atoms with Crippen LogP contribution in [0.1, 0.15) is 0 Å². The van der Waals surface area contributed by atoms with Crippen molar-refractivity contribution in [2.75, 3.05) is 0 Å². The van der Waals surface area contributed by atoms with Gasteiger partial charge in [0.05, 0.1) is 14.7 Å². The molecule has 0 aliphatic heterocycles. The summed E-state index contributed by atoms with van der Waals surface area (Å²) in [7, 11) is -16.5. The molecule has 0 aliphatic carbocycles. The molecule has 0 saturated carbocycles. The second-order valence-electron chi connectivity index (χ2n) is 2.95. The monoisotopic (exact) mass is 384 g/mol. The molecule has 0 radical (unpaired) electrons. The maximum Gasteiger partial charge on any atom is 1.00 e. The van der Waals surface area contributed by atoms with Crippen molar-refractivity contribution in [1.29, 1.82) is 0 Å². The van der Waals surface area contributed by atoms with Crippen LogP contribution in [0.4, 0.5) is 0 Å². The summed E-state index contributed by atoms with van der Waals surface area (Å²) in [6.07, 6.45) is 0. The van der Waals surface area contributed by atoms with Crippen LogP contribution in [0.3, 0.4) is 0 Å². The molecule has 0 N–H and O–H groups in total. The summed E-state index contributed by atoms with van der Waals surface area (Å²) < 4.78 is 96.8. The van der Waals surface area contributed by atoms with Gasteiger partial charge < -0.3 is 13.7 Å². The molecule has 0 fully saturated rings. The molecule has 0 saturated heterocycles. The van der Waals surface area contributed by atoms with Gasteiger partial charge in [-0.05, 0) is 12.1 Å². The summed E-state index contributed by atoms with van der Waals surface area (Å²) in [5.74, 6) is 0. The molecular formula is C6H3Na3O9S3. The molecular weight excluding hydrogens is 381 g/mol. The Kier molecular flexibility index (Phi) is 12.5. The van der Waals surface area contributed by atoms with Crippen LogP contribution in [-0.4, -0.2) is 38.9 Å². The summed E-state index contributed by atoms with van der Waals surface area (Å²) in [5.41, 5.74) is 0. The van der Waals surface area contributed by atoms with Gasteiger partial charge in [0, 0.05) is 0 Å². The molecule has 0 heterocycles. The van der Waals surface area contributed by atoms with Gasteiger partial charge in [0.1, 0.15) is 30.4 Å². The van der Waals surface area contributed by atoms with E-state index in [1.807, 2.05) is 0 Å². The Hall–Kier alpha value is 1.95. The molecule has 0 bridgehead atoms. The van der Waals surface area contributed by atoms with E-state index in [1.165, 1.54) is 0 Å². The van der Waals surface area contributed by atoms with Crippen molar-refractivity contribution in [2.24, 2.45) is 0 Å². The first-order valence-electron chi connectivity index (χ1n) is 3.86. The maximum absolute atomic E-state index is 10.8. The van der Waals surface area contributed by atoms with Gasteiger partial charge in [-0.2, -0.15) is 0 Å². The van der Waals surface area contributed by atoms with Crippen LogP contribution >= 0.6 is 0 Å². The molecule has 0 atom stereocenters. The van der Waals surface area contributed by atoms with Crippen molar-refractivity contribution in [3.8, 4) is 0 Å². The van der Waals surface area contributed by atoms with Gasteiger partial charge in [-0.1, -0.05) is 6.07 Å². The number of benzene rings is 1. The van der Waals surface area contributed by atoms with Crippen molar-refractivity contribution < 1.29 is 128 Å². The zero-order valence-corrected chi connectivity index (χ0v) is 19.6. The van der Waals surface area contributed by atoms with Crippen molar-refractivity contribution in [2.45, 2.75) is 14.7 Å². The van der Waals surface area contributed by atoms with Crippen LogP contribution in [0.5, 0.6) is 0 Å². The molecule has 9 nitrogen and oxygen atoms in total. The van der Waals surface area contributed by atoms with Gasteiger partial charge in [-0.3, -0.25) is 0 Å². The van der Waals surface area contributed by atoms with Crippen LogP contribution in [0.2, 0.25) is 0 Å². The first-order chi connectivity index (χ1) is 7.85. The van der Waals surface area contributed by atoms with E-state index in [0.29, 0.717) is 18.2 Å². The molecule has 102 valence electrons. The molecule has 1 aromatic carbocycles. The fourth-order valence-corrected chi connectivity index (χ4v) is 4.22. The van der Waals surface area contributed by atoms with Gasteiger partial charge in [0.25, 0.3) is 0 Å². The van der Waals surface area contributed by atoms with Crippen LogP contribution in [0.15, 0.2) is 32.9 Å². The Labute approximate surface area is 188 Å². The number of rotatable bonds is 3. The zero-order valence-electron chi connectivity index (χ0n) is 11.1. The van der Waals surface area contributed by atoms with E-state index in [1.54, 1.807) is 0 Å². The Morgan fingerprint density at radius 1 is 0.619 bits per heavy atom. The van der Waals surface area contributed by atoms with Gasteiger partial charge in [0.2, 0.25) is 0 Å². The summed E-state index contributed by atoms with van der Waals surface area (Å²) in [6.45, 7) is 0. The summed E-state index contributed by atoms with van der Waals surface area (Å²) in [5, 5.41) is 0. The standard InChI is InChI=1S/C6H6O9S3.3Na/c7-16(8,9)4-2-1-3-5(17(10,11)12)6(4)18(13,14)15;;;/h1-3H,(H,7,8,9)(H,10,11,12)(H,13,14,15);;;/q;3*+1/p-3. The fourth-order valence-electron chi connectivity index (χ4n) is 1.14. The first kappa shape index (κ1) is 27.8. The molecule has 15 heteroatoms. The predicted molar refractivity (Wildman–Crippen MR) is 50.3 cm³/mol. The van der Waals surface area contributed by atoms with Crippen molar-refractivity contribution in [3.63, 3.8) is 0 Å². The van der Waals surface area contributed by atoms with Crippen molar-refractivity contribution in [3.05, 3.63) is 18.2 Å². The molecule has 0 aliphatic rings. The minimum Gasteiger partial charge on any atom is -0.744 e. The van der Waals surface area contributed by atoms with Gasteiger partial charge in [-0.15, -0.1) is 0 Å². The second-order valence-corrected chi connectivity index (χ2v) is 6.96. The normalized spacial score (nSPS) is 11.6. The largest absolute Gasteiger partial charge is 1.00 e. The topological polar surface area (TPSA) is 172 Å². The van der Waals surface area contributed by atoms with Crippen LogP contribution < -0.4 is 88.7 Å². The Bertz CT molecular complexity index is 747. The maximum atomic E-state index is 10.8. The summed E-state index contributed by atoms with van der Waals surface area (Å²) in [6, 6.07) is 1.49. The van der Waals surface area contributed by atoms with E-state index in [2.05, 4.69) is 0 Å². The quantitative estimate of drug-likeness (QED) is 0.362. The molecule has 0 unspecified atom stereocenters. The zero-order chi connectivity index (χ0) is 14.4. The van der Waals surface area contributed by atoms with Gasteiger partial charge in [-0.25, -0.2) is 25.3 Å². The van der Waals surface area contributed by atoms with Gasteiger partial charge in [0.15, 0.2) is 0 Å². The SMILES string of the molecule is O=S(=O)([O-])c1cccc(S(=O)(=O)[O-])c1S(=O)(=O)[O-].[Na+].[Na+].[Na+]. The predicted octanol–water partition coefficient (Wildman–Crippen LogP) is -10.6. The molecule has 0 aromatic heterocycles. The summed E-state index contributed by atoms with van der Waals surface area (Å²) in [4.78, 5) is -5.00. The third-order valence-corrected chi connectivity index (χ3v) is 4.69. The van der Waals surface area contributed by atoms with E-state index in [4.69, 9.17) is 0 Å². The fraction of sp³-hybridized carbons (Fsp3) is 0. The van der Waals surface area contributed by atoms with Crippen molar-refractivity contribution in [1.82, 2.24) is 0 Å². The minimum atomic E-state index is -5.64. The van der Waals surface area contributed by atoms with E-state index in [0.717, 1.165) is 0 Å². The van der Waals surface area contributed by atoms with Crippen LogP contribution in [0.25, 0.3) is 0 Å². The number of hydrogen-bond acceptors (Lipinski definition) is 9. The summed E-state index contributed by atoms with van der Waals surface area (Å²) >= 11 is 0. The number of hydrogen-bond donors (Lipinski definition) is 0. The Balaban J connectivity index is -0.00000108. The minimum absolute atomic E-state index is 0. The van der Waals surface area contributed by atoms with E-state index < -0.39 is 45.0 Å². The molecule has 1 rings (SSSR count). The van der Waals surface area contributed by atoms with Gasteiger partial charge >= 0.3 is 88.7 Å². The molecule has 0 spiro atoms. The average Bonchev–Trinajstić information content (AvgIpc) is 2.12. The van der Waals surface area contributed by atoms with Crippen LogP contribution in [-0.2, 0) is 30.4 Å². The van der Waals surface area contributed by atoms with E-state index in [9.17, 15) is 38.9 Å². The Morgan fingerprint density at radius 3 is 1.10 bits per heavy atom. The molecule has 21 heavy (non-hydrogen) atoms. The van der Waals surface area contributed by atoms with E-state index in [-0.39, 0.29) is 88.7 Å². The third-order valence-electron chi connectivity index (χ3n) is 1.73. The molecule has 0 amide bonds. The Morgan fingerprint density at radius 2 is 0.905 bits per heavy atom. The third kappa shape index (κ3) is 7.58. The van der Waals surface area contributed by atoms with E-state index >= 15 is 0 Å². The average molecular weight is 384 g/mol.